The molecule has 0 radical (unpaired) electrons. The number of quaternary nitrogens is 1. The second-order valence-corrected chi connectivity index (χ2v) is 4.54. The third-order valence-corrected chi connectivity index (χ3v) is 3.15. The van der Waals surface area contributed by atoms with Crippen molar-refractivity contribution in [1.29, 1.82) is 0 Å². The molecule has 4 nitrogen and oxygen atoms in total. The van der Waals surface area contributed by atoms with Gasteiger partial charge >= 0.3 is 0 Å². The number of H-pyrrole nitrogens is 1. The first-order chi connectivity index (χ1) is 8.78. The van der Waals surface area contributed by atoms with E-state index in [9.17, 15) is 0 Å². The topological polar surface area (TPSA) is 41.0 Å². The lowest BCUT2D eigenvalue weighted by molar-refractivity contribution is 0.468. The van der Waals surface area contributed by atoms with E-state index >= 15 is 0 Å². The molecule has 3 rings (SSSR count). The molecule has 0 amide bonds. The highest BCUT2D eigenvalue weighted by Gasteiger charge is 2.29. The average Bonchev–Trinajstić information content (AvgIpc) is 3.00. The summed E-state index contributed by atoms with van der Waals surface area (Å²) in [6.07, 6.45) is 8.54. The molecule has 4 heteroatoms. The predicted octanol–water partition coefficient (Wildman–Crippen LogP) is 2.45. The van der Waals surface area contributed by atoms with Crippen molar-refractivity contribution in [3.63, 3.8) is 0 Å². The minimum Gasteiger partial charge on any atom is -0.229 e. The van der Waals surface area contributed by atoms with E-state index in [1.807, 2.05) is 37.8 Å². The Morgan fingerprint density at radius 3 is 2.78 bits per heavy atom. The molecule has 0 saturated carbocycles. The third-order valence-electron chi connectivity index (χ3n) is 3.15. The molecule has 1 N–H and O–H groups in total. The van der Waals surface area contributed by atoms with Crippen LogP contribution in [0.25, 0.3) is 0 Å². The fraction of sp³-hybridized carbons (Fsp3) is 0.143. The molecule has 0 fully saturated rings. The second kappa shape index (κ2) is 4.23. The predicted molar refractivity (Wildman–Crippen MR) is 73.2 cm³/mol. The minimum absolute atomic E-state index is 0.405. The van der Waals surface area contributed by atoms with E-state index in [0.717, 1.165) is 12.2 Å². The number of hydrogen-bond donors (Lipinski definition) is 1. The Kier molecular flexibility index (Phi) is 2.57. The fourth-order valence-electron chi connectivity index (χ4n) is 2.20. The Balaban J connectivity index is 1.93. The number of nitrogens with zero attached hydrogens (tertiary/aromatic N) is 3. The number of aromatic nitrogens is 2. The third kappa shape index (κ3) is 1.87. The first-order valence-corrected chi connectivity index (χ1v) is 5.94. The normalized spacial score (nSPS) is 21.6. The zero-order chi connectivity index (χ0) is 12.4. The van der Waals surface area contributed by atoms with Crippen LogP contribution in [0, 0.1) is 0 Å². The van der Waals surface area contributed by atoms with Gasteiger partial charge in [-0.1, -0.05) is 35.4 Å². The largest absolute Gasteiger partial charge is 0.258 e. The van der Waals surface area contributed by atoms with E-state index in [4.69, 9.17) is 0 Å². The summed E-state index contributed by atoms with van der Waals surface area (Å²) in [6.45, 7) is 0. The van der Waals surface area contributed by atoms with Crippen LogP contribution in [0.3, 0.4) is 0 Å². The Labute approximate surface area is 106 Å². The monoisotopic (exact) mass is 239 g/mol. The number of allylic oxidation sites excluding steroid dienone is 1. The van der Waals surface area contributed by atoms with Crippen molar-refractivity contribution in [2.75, 3.05) is 7.05 Å². The molecule has 1 atom stereocenters. The van der Waals surface area contributed by atoms with Gasteiger partial charge in [-0.25, -0.2) is 5.10 Å². The van der Waals surface area contributed by atoms with Crippen LogP contribution in [-0.4, -0.2) is 23.5 Å². The maximum atomic E-state index is 4.44. The van der Waals surface area contributed by atoms with Gasteiger partial charge < -0.3 is 0 Å². The molecule has 1 aliphatic heterocycles. The lowest BCUT2D eigenvalue weighted by Gasteiger charge is -2.18. The van der Waals surface area contributed by atoms with Gasteiger partial charge in [0, 0.05) is 12.5 Å². The van der Waals surface area contributed by atoms with Gasteiger partial charge in [-0.3, -0.25) is 0 Å². The van der Waals surface area contributed by atoms with Crippen molar-refractivity contribution in [2.45, 2.75) is 6.42 Å². The van der Waals surface area contributed by atoms with Crippen LogP contribution in [0.1, 0.15) is 11.1 Å². The SMILES string of the molecule is C[N+]1(c2[nH]ncc2Cc2ccccc2)C=CC=N1. The number of hydrogen-bond acceptors (Lipinski definition) is 2. The molecular formula is C14H15N4+. The van der Waals surface area contributed by atoms with Gasteiger partial charge in [0.25, 0.3) is 5.82 Å². The second-order valence-electron chi connectivity index (χ2n) is 4.54. The number of nitrogens with one attached hydrogen (secondary N) is 1. The summed E-state index contributed by atoms with van der Waals surface area (Å²) in [7, 11) is 2.03. The molecule has 1 aromatic carbocycles. The first-order valence-electron chi connectivity index (χ1n) is 5.94. The van der Waals surface area contributed by atoms with E-state index in [2.05, 4.69) is 39.6 Å². The van der Waals surface area contributed by atoms with Crippen molar-refractivity contribution >= 4 is 12.0 Å². The Morgan fingerprint density at radius 2 is 2.06 bits per heavy atom. The van der Waals surface area contributed by atoms with Crippen molar-refractivity contribution in [1.82, 2.24) is 14.8 Å². The van der Waals surface area contributed by atoms with E-state index < -0.39 is 0 Å². The van der Waals surface area contributed by atoms with Crippen molar-refractivity contribution in [3.8, 4) is 0 Å². The lowest BCUT2D eigenvalue weighted by atomic mass is 10.1. The van der Waals surface area contributed by atoms with Gasteiger partial charge in [0.2, 0.25) is 0 Å². The summed E-state index contributed by atoms with van der Waals surface area (Å²) >= 11 is 0. The maximum absolute atomic E-state index is 4.44. The Hall–Kier alpha value is -2.20. The van der Waals surface area contributed by atoms with Crippen LogP contribution < -0.4 is 4.59 Å². The molecular weight excluding hydrogens is 224 g/mol. The summed E-state index contributed by atoms with van der Waals surface area (Å²) in [5.41, 5.74) is 2.45. The van der Waals surface area contributed by atoms with Crippen LogP contribution in [0.4, 0.5) is 5.82 Å². The molecule has 0 bridgehead atoms. The standard InChI is InChI=1S/C14H15N4/c1-18(9-5-8-16-18)14-13(11-15-17-14)10-12-6-3-2-4-7-12/h2-9,11H,10H2,1H3,(H,15,17)/q+1. The molecule has 1 aliphatic rings. The average molecular weight is 239 g/mol. The fourth-order valence-corrected chi connectivity index (χ4v) is 2.20. The summed E-state index contributed by atoms with van der Waals surface area (Å²) in [5.74, 6) is 1.02. The summed E-state index contributed by atoms with van der Waals surface area (Å²) in [4.78, 5) is 0. The zero-order valence-electron chi connectivity index (χ0n) is 10.2. The molecule has 0 spiro atoms. The molecule has 1 aromatic heterocycles. The highest BCUT2D eigenvalue weighted by Crippen LogP contribution is 2.27. The zero-order valence-corrected chi connectivity index (χ0v) is 10.2. The highest BCUT2D eigenvalue weighted by atomic mass is 15.6. The summed E-state index contributed by atoms with van der Waals surface area (Å²) in [6, 6.07) is 10.4. The van der Waals surface area contributed by atoms with E-state index in [1.165, 1.54) is 11.1 Å². The van der Waals surface area contributed by atoms with Gasteiger partial charge in [0.05, 0.1) is 18.0 Å². The van der Waals surface area contributed by atoms with Crippen molar-refractivity contribution in [2.24, 2.45) is 5.10 Å². The molecule has 1 unspecified atom stereocenters. The quantitative estimate of drug-likeness (QED) is 0.821. The van der Waals surface area contributed by atoms with Crippen LogP contribution in [0.15, 0.2) is 53.9 Å². The maximum Gasteiger partial charge on any atom is 0.258 e. The van der Waals surface area contributed by atoms with Crippen LogP contribution in [-0.2, 0) is 6.42 Å². The van der Waals surface area contributed by atoms with Crippen LogP contribution in [0.5, 0.6) is 0 Å². The molecule has 0 saturated heterocycles. The smallest absolute Gasteiger partial charge is 0.229 e. The first kappa shape index (κ1) is 10.9. The van der Waals surface area contributed by atoms with E-state index in [-0.39, 0.29) is 0 Å². The molecule has 90 valence electrons. The number of benzene rings is 1. The van der Waals surface area contributed by atoms with Gasteiger partial charge in [-0.05, 0) is 5.56 Å². The minimum atomic E-state index is 0.405. The molecule has 0 aliphatic carbocycles. The van der Waals surface area contributed by atoms with Crippen molar-refractivity contribution < 1.29 is 0 Å². The Bertz CT molecular complexity index is 583. The Morgan fingerprint density at radius 1 is 1.22 bits per heavy atom. The van der Waals surface area contributed by atoms with Gasteiger partial charge in [-0.15, -0.1) is 4.59 Å². The van der Waals surface area contributed by atoms with Gasteiger partial charge in [0.1, 0.15) is 13.2 Å². The number of rotatable bonds is 3. The molecule has 18 heavy (non-hydrogen) atoms. The summed E-state index contributed by atoms with van der Waals surface area (Å²) < 4.78 is 0.405. The molecule has 2 aromatic rings. The molecule has 2 heterocycles. The van der Waals surface area contributed by atoms with Gasteiger partial charge in [0.15, 0.2) is 0 Å². The highest BCUT2D eigenvalue weighted by molar-refractivity contribution is 5.75. The van der Waals surface area contributed by atoms with Gasteiger partial charge in [-0.2, -0.15) is 5.10 Å². The van der Waals surface area contributed by atoms with Crippen LogP contribution >= 0.6 is 0 Å². The number of aromatic amines is 1. The summed E-state index contributed by atoms with van der Waals surface area (Å²) in [5, 5.41) is 11.7. The van der Waals surface area contributed by atoms with E-state index in [1.54, 1.807) is 0 Å². The van der Waals surface area contributed by atoms with E-state index in [0.29, 0.717) is 4.59 Å². The van der Waals surface area contributed by atoms with Crippen molar-refractivity contribution in [3.05, 3.63) is 59.9 Å². The lowest BCUT2D eigenvalue weighted by Crippen LogP contribution is -2.31. The van der Waals surface area contributed by atoms with Crippen LogP contribution in [0.2, 0.25) is 0 Å².